The maximum absolute atomic E-state index is 12.4. The average Bonchev–Trinajstić information content (AvgIpc) is 2.93. The zero-order valence-corrected chi connectivity index (χ0v) is 15.2. The van der Waals surface area contributed by atoms with E-state index in [1.807, 2.05) is 27.7 Å². The van der Waals surface area contributed by atoms with Crippen LogP contribution in [0.1, 0.15) is 34.1 Å². The normalized spacial score (nSPS) is 25.0. The van der Waals surface area contributed by atoms with Crippen molar-refractivity contribution in [3.63, 3.8) is 0 Å². The molecule has 2 rings (SSSR count). The van der Waals surface area contributed by atoms with Crippen molar-refractivity contribution in [1.29, 1.82) is 0 Å². The van der Waals surface area contributed by atoms with Crippen LogP contribution in [0.3, 0.4) is 0 Å². The van der Waals surface area contributed by atoms with E-state index in [9.17, 15) is 19.6 Å². The summed E-state index contributed by atoms with van der Waals surface area (Å²) < 4.78 is 5.37. The maximum atomic E-state index is 12.4. The van der Waals surface area contributed by atoms with Gasteiger partial charge in [-0.15, -0.1) is 0 Å². The zero-order chi connectivity index (χ0) is 18.8. The first-order chi connectivity index (χ1) is 11.6. The minimum atomic E-state index is -0.641. The second-order valence-corrected chi connectivity index (χ2v) is 7.60. The Kier molecular flexibility index (Phi) is 5.65. The molecule has 1 unspecified atom stereocenters. The van der Waals surface area contributed by atoms with E-state index >= 15 is 0 Å². The molecule has 0 spiro atoms. The van der Waals surface area contributed by atoms with Gasteiger partial charge in [-0.3, -0.25) is 19.3 Å². The number of nitrogens with one attached hydrogen (secondary N) is 1. The largest absolute Gasteiger partial charge is 0.378 e. The van der Waals surface area contributed by atoms with Crippen LogP contribution >= 0.6 is 0 Å². The molecule has 0 bridgehead atoms. The molecule has 0 saturated carbocycles. The van der Waals surface area contributed by atoms with Crippen LogP contribution in [0.15, 0.2) is 12.2 Å². The first kappa shape index (κ1) is 19.6. The predicted octanol–water partition coefficient (Wildman–Crippen LogP) is 0.313. The monoisotopic (exact) mass is 353 g/mol. The first-order valence-corrected chi connectivity index (χ1v) is 8.45. The molecule has 25 heavy (non-hydrogen) atoms. The summed E-state index contributed by atoms with van der Waals surface area (Å²) in [5, 5.41) is 14.3. The summed E-state index contributed by atoms with van der Waals surface area (Å²) in [6, 6.07) is 0. The Labute approximate surface area is 147 Å². The molecule has 1 fully saturated rings. The third kappa shape index (κ3) is 4.08. The van der Waals surface area contributed by atoms with Gasteiger partial charge >= 0.3 is 0 Å². The van der Waals surface area contributed by atoms with Crippen LogP contribution in [0.5, 0.6) is 0 Å². The summed E-state index contributed by atoms with van der Waals surface area (Å²) in [5.41, 5.74) is -1.09. The third-order valence-electron chi connectivity index (χ3n) is 4.90. The molecule has 8 heteroatoms. The molecular weight excluding hydrogens is 326 g/mol. The van der Waals surface area contributed by atoms with Crippen molar-refractivity contribution in [2.24, 2.45) is 5.92 Å². The van der Waals surface area contributed by atoms with Gasteiger partial charge in [-0.05, 0) is 34.1 Å². The minimum Gasteiger partial charge on any atom is -0.378 e. The Hall–Kier alpha value is -1.77. The van der Waals surface area contributed by atoms with Gasteiger partial charge in [-0.2, -0.15) is 5.06 Å². The summed E-state index contributed by atoms with van der Waals surface area (Å²) in [6.07, 6.45) is 3.03. The molecule has 2 heterocycles. The van der Waals surface area contributed by atoms with Gasteiger partial charge in [0.15, 0.2) is 0 Å². The molecule has 0 aliphatic carbocycles. The lowest BCUT2D eigenvalue weighted by atomic mass is 9.86. The number of carbonyl (C=O) groups is 3. The molecular formula is C17H27N3O5. The van der Waals surface area contributed by atoms with E-state index in [4.69, 9.17) is 4.74 Å². The Morgan fingerprint density at radius 3 is 2.36 bits per heavy atom. The molecule has 8 nitrogen and oxygen atoms in total. The van der Waals surface area contributed by atoms with E-state index in [1.165, 1.54) is 17.2 Å². The molecule has 2 aliphatic heterocycles. The fourth-order valence-corrected chi connectivity index (χ4v) is 3.46. The number of hydroxylamine groups is 2. The Bertz CT molecular complexity index is 567. The lowest BCUT2D eigenvalue weighted by Gasteiger charge is -2.35. The van der Waals surface area contributed by atoms with E-state index < -0.39 is 11.1 Å². The smallest absolute Gasteiger partial charge is 0.253 e. The maximum Gasteiger partial charge on any atom is 0.253 e. The van der Waals surface area contributed by atoms with Crippen LogP contribution in [-0.4, -0.2) is 70.3 Å². The Balaban J connectivity index is 1.68. The van der Waals surface area contributed by atoms with E-state index in [-0.39, 0.29) is 43.4 Å². The molecule has 2 aliphatic rings. The molecule has 2 N–H and O–H groups in total. The lowest BCUT2D eigenvalue weighted by molar-refractivity contribution is -0.197. The zero-order valence-electron chi connectivity index (χ0n) is 15.2. The van der Waals surface area contributed by atoms with Gasteiger partial charge in [0.05, 0.1) is 31.2 Å². The number of hydrogen-bond acceptors (Lipinski definition) is 6. The highest BCUT2D eigenvalue weighted by atomic mass is 16.5. The van der Waals surface area contributed by atoms with Crippen LogP contribution < -0.4 is 5.32 Å². The van der Waals surface area contributed by atoms with E-state index in [1.54, 1.807) is 0 Å². The van der Waals surface area contributed by atoms with E-state index in [0.29, 0.717) is 13.0 Å². The lowest BCUT2D eigenvalue weighted by Crippen LogP contribution is -2.50. The number of rotatable bonds is 7. The molecule has 140 valence electrons. The quantitative estimate of drug-likeness (QED) is 0.505. The van der Waals surface area contributed by atoms with Gasteiger partial charge in [-0.25, -0.2) is 0 Å². The Morgan fingerprint density at radius 1 is 1.24 bits per heavy atom. The van der Waals surface area contributed by atoms with Crippen LogP contribution in [0.25, 0.3) is 0 Å². The minimum absolute atomic E-state index is 0.118. The second kappa shape index (κ2) is 7.23. The summed E-state index contributed by atoms with van der Waals surface area (Å²) in [6.45, 7) is 8.54. The summed E-state index contributed by atoms with van der Waals surface area (Å²) in [5.74, 6) is -1.10. The first-order valence-electron chi connectivity index (χ1n) is 8.45. The van der Waals surface area contributed by atoms with Crippen LogP contribution in [0.2, 0.25) is 0 Å². The van der Waals surface area contributed by atoms with E-state index in [2.05, 4.69) is 5.32 Å². The standard InChI is InChI=1S/C17H27N3O5/c1-16(2)11-12(17(3,4)20(16)24)15(23)18-7-9-25-10-8-19-13(21)5-6-14(19)22/h5-6,12,24H,7-11H2,1-4H3,(H,18,23). The molecule has 0 radical (unpaired) electrons. The van der Waals surface area contributed by atoms with Gasteiger partial charge in [-0.1, -0.05) is 0 Å². The van der Waals surface area contributed by atoms with Crippen molar-refractivity contribution in [2.75, 3.05) is 26.3 Å². The summed E-state index contributed by atoms with van der Waals surface area (Å²) in [4.78, 5) is 36.2. The fraction of sp³-hybridized carbons (Fsp3) is 0.706. The van der Waals surface area contributed by atoms with Gasteiger partial charge in [0, 0.05) is 24.2 Å². The van der Waals surface area contributed by atoms with Crippen molar-refractivity contribution < 1.29 is 24.3 Å². The van der Waals surface area contributed by atoms with Crippen molar-refractivity contribution in [3.05, 3.63) is 12.2 Å². The number of ether oxygens (including phenoxy) is 1. The van der Waals surface area contributed by atoms with Crippen molar-refractivity contribution >= 4 is 17.7 Å². The van der Waals surface area contributed by atoms with Crippen LogP contribution in [0, 0.1) is 5.92 Å². The summed E-state index contributed by atoms with van der Waals surface area (Å²) >= 11 is 0. The number of amides is 3. The molecule has 0 aromatic heterocycles. The highest BCUT2D eigenvalue weighted by Crippen LogP contribution is 2.43. The summed E-state index contributed by atoms with van der Waals surface area (Å²) in [7, 11) is 0. The molecule has 0 aromatic rings. The number of hydrogen-bond donors (Lipinski definition) is 2. The van der Waals surface area contributed by atoms with E-state index in [0.717, 1.165) is 4.90 Å². The molecule has 3 amide bonds. The van der Waals surface area contributed by atoms with Gasteiger partial charge < -0.3 is 15.3 Å². The highest BCUT2D eigenvalue weighted by molar-refractivity contribution is 6.12. The average molecular weight is 353 g/mol. The van der Waals surface area contributed by atoms with Crippen molar-refractivity contribution in [2.45, 2.75) is 45.2 Å². The van der Waals surface area contributed by atoms with Gasteiger partial charge in [0.1, 0.15) is 0 Å². The second-order valence-electron chi connectivity index (χ2n) is 7.60. The number of carbonyl (C=O) groups excluding carboxylic acids is 3. The topological polar surface area (TPSA) is 99.2 Å². The fourth-order valence-electron chi connectivity index (χ4n) is 3.46. The SMILES string of the molecule is CC1(C)CC(C(=O)NCCOCCN2C(=O)C=CC2=O)C(C)(C)N1O. The molecule has 1 saturated heterocycles. The van der Waals surface area contributed by atoms with Gasteiger partial charge in [0.2, 0.25) is 5.91 Å². The van der Waals surface area contributed by atoms with Crippen LogP contribution in [0.4, 0.5) is 0 Å². The van der Waals surface area contributed by atoms with Crippen molar-refractivity contribution in [1.82, 2.24) is 15.3 Å². The highest BCUT2D eigenvalue weighted by Gasteiger charge is 2.54. The number of nitrogens with zero attached hydrogens (tertiary/aromatic N) is 2. The van der Waals surface area contributed by atoms with Crippen LogP contribution in [-0.2, 0) is 19.1 Å². The number of imide groups is 1. The van der Waals surface area contributed by atoms with Gasteiger partial charge in [0.25, 0.3) is 11.8 Å². The molecule has 1 atom stereocenters. The Morgan fingerprint density at radius 2 is 1.84 bits per heavy atom. The molecule has 0 aromatic carbocycles. The third-order valence-corrected chi connectivity index (χ3v) is 4.90. The van der Waals surface area contributed by atoms with Crippen molar-refractivity contribution in [3.8, 4) is 0 Å². The predicted molar refractivity (Wildman–Crippen MR) is 89.6 cm³/mol.